The Morgan fingerprint density at radius 3 is 1.87 bits per heavy atom. The van der Waals surface area contributed by atoms with Crippen LogP contribution in [0.1, 0.15) is 71.1 Å². The standard InChI is InChI=1S/C16H27Cl3O4/c1-2-3-4-5-6-9-12-22-14(20)10-7-8-11-15(21)23-13-16(17,18)19/h2-13H2,1H3. The number of halogens is 3. The SMILES string of the molecule is CCCCCCCCOC(=O)CCCCC(=O)OCC(Cl)(Cl)Cl. The normalized spacial score (nSPS) is 11.3. The molecule has 0 rings (SSSR count). The number of rotatable bonds is 13. The van der Waals surface area contributed by atoms with E-state index in [1.807, 2.05) is 0 Å². The molecule has 0 aromatic heterocycles. The highest BCUT2D eigenvalue weighted by molar-refractivity contribution is 6.67. The van der Waals surface area contributed by atoms with Gasteiger partial charge in [-0.15, -0.1) is 0 Å². The lowest BCUT2D eigenvalue weighted by Gasteiger charge is -2.11. The van der Waals surface area contributed by atoms with Gasteiger partial charge in [0.25, 0.3) is 0 Å². The van der Waals surface area contributed by atoms with Gasteiger partial charge in [0.2, 0.25) is 3.79 Å². The van der Waals surface area contributed by atoms with Gasteiger partial charge in [0.1, 0.15) is 6.61 Å². The zero-order valence-electron chi connectivity index (χ0n) is 13.8. The molecular formula is C16H27Cl3O4. The Balaban J connectivity index is 3.41. The first kappa shape index (κ1) is 22.8. The molecule has 0 fully saturated rings. The fourth-order valence-electron chi connectivity index (χ4n) is 1.91. The molecule has 0 heterocycles. The predicted molar refractivity (Wildman–Crippen MR) is 94.1 cm³/mol. The number of hydrogen-bond donors (Lipinski definition) is 0. The molecule has 7 heteroatoms. The fourth-order valence-corrected chi connectivity index (χ4v) is 2.08. The van der Waals surface area contributed by atoms with E-state index in [2.05, 4.69) is 6.92 Å². The second-order valence-corrected chi connectivity index (χ2v) is 7.99. The summed E-state index contributed by atoms with van der Waals surface area (Å²) in [5, 5.41) is 0. The largest absolute Gasteiger partial charge is 0.466 e. The van der Waals surface area contributed by atoms with Crippen molar-refractivity contribution in [3.63, 3.8) is 0 Å². The van der Waals surface area contributed by atoms with E-state index in [0.717, 1.165) is 12.8 Å². The van der Waals surface area contributed by atoms with Crippen LogP contribution in [0.2, 0.25) is 0 Å². The molecule has 0 aliphatic carbocycles. The minimum absolute atomic E-state index is 0.200. The highest BCUT2D eigenvalue weighted by Gasteiger charge is 2.21. The molecule has 0 aromatic rings. The van der Waals surface area contributed by atoms with Gasteiger partial charge in [-0.2, -0.15) is 0 Å². The quantitative estimate of drug-likeness (QED) is 0.241. The molecule has 0 unspecified atom stereocenters. The van der Waals surface area contributed by atoms with Gasteiger partial charge in [-0.3, -0.25) is 9.59 Å². The van der Waals surface area contributed by atoms with E-state index in [1.54, 1.807) is 0 Å². The van der Waals surface area contributed by atoms with Crippen molar-refractivity contribution in [1.29, 1.82) is 0 Å². The summed E-state index contributed by atoms with van der Waals surface area (Å²) >= 11 is 16.4. The maximum Gasteiger partial charge on any atom is 0.305 e. The summed E-state index contributed by atoms with van der Waals surface area (Å²) < 4.78 is 8.34. The zero-order valence-corrected chi connectivity index (χ0v) is 16.0. The van der Waals surface area contributed by atoms with Crippen molar-refractivity contribution in [2.24, 2.45) is 0 Å². The Bertz CT molecular complexity index is 330. The molecule has 0 aliphatic heterocycles. The molecule has 0 saturated heterocycles. The molecule has 0 N–H and O–H groups in total. The monoisotopic (exact) mass is 388 g/mol. The Labute approximate surface area is 154 Å². The van der Waals surface area contributed by atoms with Gasteiger partial charge >= 0.3 is 11.9 Å². The van der Waals surface area contributed by atoms with E-state index in [0.29, 0.717) is 25.9 Å². The van der Waals surface area contributed by atoms with Crippen molar-refractivity contribution in [2.45, 2.75) is 74.9 Å². The van der Waals surface area contributed by atoms with Crippen molar-refractivity contribution in [2.75, 3.05) is 13.2 Å². The van der Waals surface area contributed by atoms with Gasteiger partial charge in [-0.25, -0.2) is 0 Å². The van der Waals surface area contributed by atoms with Gasteiger partial charge < -0.3 is 9.47 Å². The number of alkyl halides is 3. The molecule has 0 saturated carbocycles. The highest BCUT2D eigenvalue weighted by Crippen LogP contribution is 2.26. The van der Waals surface area contributed by atoms with Crippen LogP contribution in [-0.2, 0) is 19.1 Å². The van der Waals surface area contributed by atoms with Crippen molar-refractivity contribution >= 4 is 46.7 Å². The Morgan fingerprint density at radius 1 is 0.783 bits per heavy atom. The summed E-state index contributed by atoms with van der Waals surface area (Å²) in [5.41, 5.74) is 0. The summed E-state index contributed by atoms with van der Waals surface area (Å²) in [7, 11) is 0. The molecule has 0 radical (unpaired) electrons. The molecule has 23 heavy (non-hydrogen) atoms. The molecule has 0 atom stereocenters. The molecule has 0 bridgehead atoms. The van der Waals surface area contributed by atoms with Crippen LogP contribution in [0.3, 0.4) is 0 Å². The number of hydrogen-bond acceptors (Lipinski definition) is 4. The lowest BCUT2D eigenvalue weighted by molar-refractivity contribution is -0.145. The number of ether oxygens (including phenoxy) is 2. The second kappa shape index (κ2) is 14.2. The first-order chi connectivity index (χ1) is 10.8. The third-order valence-corrected chi connectivity index (χ3v) is 3.50. The molecule has 0 aliphatic rings. The molecule has 0 spiro atoms. The number of unbranched alkanes of at least 4 members (excludes halogenated alkanes) is 6. The minimum Gasteiger partial charge on any atom is -0.466 e. The smallest absolute Gasteiger partial charge is 0.305 e. The van der Waals surface area contributed by atoms with Gasteiger partial charge in [-0.1, -0.05) is 73.8 Å². The van der Waals surface area contributed by atoms with Gasteiger partial charge in [0, 0.05) is 12.8 Å². The maximum absolute atomic E-state index is 11.5. The topological polar surface area (TPSA) is 52.6 Å². The highest BCUT2D eigenvalue weighted by atomic mass is 35.6. The lowest BCUT2D eigenvalue weighted by atomic mass is 10.1. The summed E-state index contributed by atoms with van der Waals surface area (Å²) in [6, 6.07) is 0. The van der Waals surface area contributed by atoms with Crippen molar-refractivity contribution in [3.05, 3.63) is 0 Å². The Hall–Kier alpha value is -0.190. The maximum atomic E-state index is 11.5. The summed E-state index contributed by atoms with van der Waals surface area (Å²) in [6.07, 6.45) is 8.60. The van der Waals surface area contributed by atoms with Gasteiger partial charge in [0.05, 0.1) is 6.61 Å². The van der Waals surface area contributed by atoms with Gasteiger partial charge in [-0.05, 0) is 19.3 Å². The van der Waals surface area contributed by atoms with Crippen molar-refractivity contribution in [1.82, 2.24) is 0 Å². The summed E-state index contributed by atoms with van der Waals surface area (Å²) in [5.74, 6) is -0.648. The van der Waals surface area contributed by atoms with Crippen molar-refractivity contribution in [3.8, 4) is 0 Å². The first-order valence-electron chi connectivity index (χ1n) is 8.23. The molecule has 136 valence electrons. The molecular weight excluding hydrogens is 363 g/mol. The predicted octanol–water partition coefficient (Wildman–Crippen LogP) is 5.36. The van der Waals surface area contributed by atoms with E-state index in [-0.39, 0.29) is 19.0 Å². The van der Waals surface area contributed by atoms with Crippen LogP contribution in [0.25, 0.3) is 0 Å². The zero-order chi connectivity index (χ0) is 17.6. The van der Waals surface area contributed by atoms with E-state index in [1.165, 1.54) is 25.7 Å². The number of carbonyl (C=O) groups is 2. The van der Waals surface area contributed by atoms with E-state index in [9.17, 15) is 9.59 Å². The number of carbonyl (C=O) groups excluding carboxylic acids is 2. The van der Waals surface area contributed by atoms with Crippen LogP contribution < -0.4 is 0 Å². The number of esters is 2. The van der Waals surface area contributed by atoms with Crippen LogP contribution in [-0.4, -0.2) is 28.9 Å². The van der Waals surface area contributed by atoms with Gasteiger partial charge in [0.15, 0.2) is 0 Å². The Morgan fingerprint density at radius 2 is 1.30 bits per heavy atom. The van der Waals surface area contributed by atoms with E-state index < -0.39 is 9.76 Å². The lowest BCUT2D eigenvalue weighted by Crippen LogP contribution is -2.17. The minimum atomic E-state index is -1.59. The van der Waals surface area contributed by atoms with E-state index in [4.69, 9.17) is 44.3 Å². The van der Waals surface area contributed by atoms with Crippen LogP contribution in [0, 0.1) is 0 Å². The summed E-state index contributed by atoms with van der Waals surface area (Å²) in [6.45, 7) is 2.40. The third kappa shape index (κ3) is 18.0. The van der Waals surface area contributed by atoms with Crippen molar-refractivity contribution < 1.29 is 19.1 Å². The van der Waals surface area contributed by atoms with Crippen LogP contribution in [0.4, 0.5) is 0 Å². The van der Waals surface area contributed by atoms with Crippen LogP contribution >= 0.6 is 34.8 Å². The first-order valence-corrected chi connectivity index (χ1v) is 9.36. The molecule has 0 aromatic carbocycles. The summed E-state index contributed by atoms with van der Waals surface area (Å²) in [4.78, 5) is 22.8. The fraction of sp³-hybridized carbons (Fsp3) is 0.875. The average molecular weight is 390 g/mol. The second-order valence-electron chi connectivity index (χ2n) is 5.47. The Kier molecular flexibility index (Phi) is 14.1. The average Bonchev–Trinajstić information content (AvgIpc) is 2.48. The van der Waals surface area contributed by atoms with Crippen LogP contribution in [0.15, 0.2) is 0 Å². The molecule has 0 amide bonds. The molecule has 4 nitrogen and oxygen atoms in total. The third-order valence-electron chi connectivity index (χ3n) is 3.17. The van der Waals surface area contributed by atoms with E-state index >= 15 is 0 Å². The van der Waals surface area contributed by atoms with Crippen LogP contribution in [0.5, 0.6) is 0 Å².